The van der Waals surface area contributed by atoms with Gasteiger partial charge in [0.15, 0.2) is 0 Å². The number of hydrogen-bond donors (Lipinski definition) is 0. The fourth-order valence-corrected chi connectivity index (χ4v) is 5.57. The van der Waals surface area contributed by atoms with Crippen molar-refractivity contribution in [2.45, 2.75) is 51.4 Å². The fourth-order valence-electron chi connectivity index (χ4n) is 5.29. The minimum Gasteiger partial charge on any atom is -0.256 e. The van der Waals surface area contributed by atoms with Gasteiger partial charge < -0.3 is 0 Å². The van der Waals surface area contributed by atoms with Gasteiger partial charge in [0, 0.05) is 28.5 Å². The Hall–Kier alpha value is -3.75. The second kappa shape index (κ2) is 11.2. The van der Waals surface area contributed by atoms with Crippen molar-refractivity contribution in [2.75, 3.05) is 0 Å². The molecular formula is C36H35ClN2. The number of pyridine rings is 2. The van der Waals surface area contributed by atoms with Crippen molar-refractivity contribution in [3.63, 3.8) is 0 Å². The van der Waals surface area contributed by atoms with Gasteiger partial charge >= 0.3 is 0 Å². The van der Waals surface area contributed by atoms with E-state index in [2.05, 4.69) is 94.4 Å². The third-order valence-electron chi connectivity index (χ3n) is 7.54. The Bertz CT molecular complexity index is 1410. The van der Waals surface area contributed by atoms with Crippen LogP contribution in [0.4, 0.5) is 0 Å². The van der Waals surface area contributed by atoms with Crippen LogP contribution < -0.4 is 0 Å². The van der Waals surface area contributed by atoms with Crippen LogP contribution in [0.3, 0.4) is 0 Å². The second-order valence-electron chi connectivity index (χ2n) is 11.7. The standard InChI is InChI=1S/C36H35ClN2/c1-35(2,30-15-17-33(38-24-30)28-11-7-5-8-12-28)22-26-19-27(21-32(37)20-26)23-36(3,4)31-16-18-34(39-25-31)29-13-9-6-10-14-29/h5-21,24-25H,22-23H2,1-4H3. The van der Waals surface area contributed by atoms with E-state index in [0.29, 0.717) is 0 Å². The van der Waals surface area contributed by atoms with E-state index in [9.17, 15) is 0 Å². The average Bonchev–Trinajstić information content (AvgIpc) is 2.93. The van der Waals surface area contributed by atoms with Crippen LogP contribution >= 0.6 is 11.6 Å². The largest absolute Gasteiger partial charge is 0.256 e. The van der Waals surface area contributed by atoms with Crippen molar-refractivity contribution in [2.24, 2.45) is 0 Å². The summed E-state index contributed by atoms with van der Waals surface area (Å²) in [6, 6.07) is 35.8. The predicted octanol–water partition coefficient (Wildman–Crippen LogP) is 9.50. The zero-order valence-corrected chi connectivity index (χ0v) is 23.9. The molecule has 0 amide bonds. The quantitative estimate of drug-likeness (QED) is 0.199. The summed E-state index contributed by atoms with van der Waals surface area (Å²) in [5.41, 5.74) is 8.99. The van der Waals surface area contributed by atoms with Gasteiger partial charge in [-0.2, -0.15) is 0 Å². The van der Waals surface area contributed by atoms with Gasteiger partial charge in [0.2, 0.25) is 0 Å². The highest BCUT2D eigenvalue weighted by molar-refractivity contribution is 6.30. The van der Waals surface area contributed by atoms with Crippen LogP contribution in [-0.4, -0.2) is 9.97 Å². The van der Waals surface area contributed by atoms with Crippen molar-refractivity contribution < 1.29 is 0 Å². The molecule has 39 heavy (non-hydrogen) atoms. The first-order valence-electron chi connectivity index (χ1n) is 13.5. The zero-order valence-electron chi connectivity index (χ0n) is 23.2. The minimum atomic E-state index is -0.0864. The van der Waals surface area contributed by atoms with Crippen LogP contribution in [0.1, 0.15) is 49.9 Å². The Morgan fingerprint density at radius 1 is 0.538 bits per heavy atom. The maximum atomic E-state index is 6.65. The molecule has 5 aromatic rings. The van der Waals surface area contributed by atoms with Gasteiger partial charge in [-0.15, -0.1) is 0 Å². The molecule has 0 aliphatic rings. The normalized spacial score (nSPS) is 11.9. The summed E-state index contributed by atoms with van der Waals surface area (Å²) in [4.78, 5) is 9.53. The van der Waals surface area contributed by atoms with Gasteiger partial charge in [0.25, 0.3) is 0 Å². The lowest BCUT2D eigenvalue weighted by Crippen LogP contribution is -2.22. The summed E-state index contributed by atoms with van der Waals surface area (Å²) in [6.45, 7) is 9.10. The Labute approximate surface area is 237 Å². The topological polar surface area (TPSA) is 25.8 Å². The van der Waals surface area contributed by atoms with Gasteiger partial charge in [-0.05, 0) is 70.2 Å². The van der Waals surface area contributed by atoms with E-state index in [1.54, 1.807) is 0 Å². The Morgan fingerprint density at radius 2 is 0.949 bits per heavy atom. The minimum absolute atomic E-state index is 0.0864. The molecule has 2 nitrogen and oxygen atoms in total. The molecule has 3 heteroatoms. The average molecular weight is 531 g/mol. The van der Waals surface area contributed by atoms with Crippen molar-refractivity contribution >= 4 is 11.6 Å². The van der Waals surface area contributed by atoms with Crippen molar-refractivity contribution in [3.05, 3.63) is 143 Å². The summed E-state index contributed by atoms with van der Waals surface area (Å²) in [6.07, 6.45) is 5.79. The summed E-state index contributed by atoms with van der Waals surface area (Å²) in [5, 5.41) is 0.782. The molecule has 0 unspecified atom stereocenters. The van der Waals surface area contributed by atoms with Crippen LogP contribution in [-0.2, 0) is 23.7 Å². The van der Waals surface area contributed by atoms with Crippen molar-refractivity contribution in [3.8, 4) is 22.5 Å². The number of benzene rings is 3. The summed E-state index contributed by atoms with van der Waals surface area (Å²) < 4.78 is 0. The lowest BCUT2D eigenvalue weighted by Gasteiger charge is -2.28. The van der Waals surface area contributed by atoms with Crippen molar-refractivity contribution in [1.82, 2.24) is 9.97 Å². The van der Waals surface area contributed by atoms with E-state index in [0.717, 1.165) is 40.4 Å². The van der Waals surface area contributed by atoms with Crippen LogP contribution in [0.2, 0.25) is 5.02 Å². The van der Waals surface area contributed by atoms with E-state index in [4.69, 9.17) is 21.6 Å². The first-order valence-corrected chi connectivity index (χ1v) is 13.9. The van der Waals surface area contributed by atoms with Crippen molar-refractivity contribution in [1.29, 1.82) is 0 Å². The molecule has 0 spiro atoms. The molecule has 0 saturated heterocycles. The molecule has 0 fully saturated rings. The van der Waals surface area contributed by atoms with Crippen LogP contribution in [0, 0.1) is 0 Å². The highest BCUT2D eigenvalue weighted by Gasteiger charge is 2.25. The molecular weight excluding hydrogens is 496 g/mol. The lowest BCUT2D eigenvalue weighted by atomic mass is 9.77. The van der Waals surface area contributed by atoms with Gasteiger partial charge in [-0.25, -0.2) is 0 Å². The van der Waals surface area contributed by atoms with Crippen LogP contribution in [0.15, 0.2) is 116 Å². The van der Waals surface area contributed by atoms with E-state index in [-0.39, 0.29) is 10.8 Å². The Kier molecular flexibility index (Phi) is 7.68. The molecule has 3 aromatic carbocycles. The molecule has 0 aliphatic heterocycles. The number of halogens is 1. The summed E-state index contributed by atoms with van der Waals surface area (Å²) >= 11 is 6.65. The highest BCUT2D eigenvalue weighted by atomic mass is 35.5. The molecule has 0 atom stereocenters. The summed E-state index contributed by atoms with van der Waals surface area (Å²) in [7, 11) is 0. The fraction of sp³-hybridized carbons (Fsp3) is 0.222. The maximum absolute atomic E-state index is 6.65. The van der Waals surface area contributed by atoms with E-state index in [1.165, 1.54) is 22.3 Å². The zero-order chi connectivity index (χ0) is 27.5. The monoisotopic (exact) mass is 530 g/mol. The molecule has 0 radical (unpaired) electrons. The lowest BCUT2D eigenvalue weighted by molar-refractivity contribution is 0.513. The van der Waals surface area contributed by atoms with E-state index >= 15 is 0 Å². The second-order valence-corrected chi connectivity index (χ2v) is 12.1. The molecule has 2 heterocycles. The molecule has 0 aliphatic carbocycles. The van der Waals surface area contributed by atoms with Crippen LogP contribution in [0.25, 0.3) is 22.5 Å². The molecule has 0 saturated carbocycles. The predicted molar refractivity (Wildman–Crippen MR) is 164 cm³/mol. The SMILES string of the molecule is CC(C)(Cc1cc(Cl)cc(CC(C)(C)c2ccc(-c3ccccc3)nc2)c1)c1ccc(-c2ccccc2)nc1. The summed E-state index contributed by atoms with van der Waals surface area (Å²) in [5.74, 6) is 0. The first kappa shape index (κ1) is 26.8. The number of nitrogens with zero attached hydrogens (tertiary/aromatic N) is 2. The molecule has 0 N–H and O–H groups in total. The van der Waals surface area contributed by atoms with Gasteiger partial charge in [0.05, 0.1) is 11.4 Å². The number of aromatic nitrogens is 2. The first-order chi connectivity index (χ1) is 18.7. The van der Waals surface area contributed by atoms with E-state index in [1.807, 2.05) is 48.8 Å². The van der Waals surface area contributed by atoms with Gasteiger partial charge in [0.1, 0.15) is 0 Å². The molecule has 0 bridgehead atoms. The molecule has 2 aromatic heterocycles. The molecule has 5 rings (SSSR count). The third kappa shape index (κ3) is 6.46. The Balaban J connectivity index is 1.32. The van der Waals surface area contributed by atoms with Crippen LogP contribution in [0.5, 0.6) is 0 Å². The number of hydrogen-bond acceptors (Lipinski definition) is 2. The third-order valence-corrected chi connectivity index (χ3v) is 7.76. The van der Waals surface area contributed by atoms with Gasteiger partial charge in [-0.1, -0.05) is 118 Å². The molecule has 196 valence electrons. The highest BCUT2D eigenvalue weighted by Crippen LogP contribution is 2.33. The van der Waals surface area contributed by atoms with E-state index < -0.39 is 0 Å². The number of rotatable bonds is 8. The maximum Gasteiger partial charge on any atom is 0.0702 e. The smallest absolute Gasteiger partial charge is 0.0702 e. The Morgan fingerprint density at radius 3 is 1.31 bits per heavy atom. The van der Waals surface area contributed by atoms with Gasteiger partial charge in [-0.3, -0.25) is 9.97 Å².